The molecule has 142 valence electrons. The third-order valence-corrected chi connectivity index (χ3v) is 4.62. The first-order chi connectivity index (χ1) is 11.7. The molecule has 0 unspecified atom stereocenters. The maximum absolute atomic E-state index is 12.5. The summed E-state index contributed by atoms with van der Waals surface area (Å²) < 4.78 is 0. The zero-order chi connectivity index (χ0) is 16.8. The van der Waals surface area contributed by atoms with Gasteiger partial charge in [0.15, 0.2) is 0 Å². The minimum absolute atomic E-state index is 0. The van der Waals surface area contributed by atoms with Gasteiger partial charge in [-0.3, -0.25) is 9.78 Å². The van der Waals surface area contributed by atoms with Gasteiger partial charge in [-0.1, -0.05) is 36.4 Å². The van der Waals surface area contributed by atoms with E-state index >= 15 is 0 Å². The van der Waals surface area contributed by atoms with Crippen LogP contribution in [0.5, 0.6) is 0 Å². The Morgan fingerprint density at radius 2 is 2.00 bits per heavy atom. The highest BCUT2D eigenvalue weighted by atomic mass is 35.5. The number of nitrogens with zero attached hydrogens (tertiary/aromatic N) is 1. The van der Waals surface area contributed by atoms with Crippen LogP contribution in [0.25, 0.3) is 0 Å². The fraction of sp³-hybridized carbons (Fsp3) is 0.368. The van der Waals surface area contributed by atoms with Crippen LogP contribution in [-0.4, -0.2) is 35.2 Å². The highest BCUT2D eigenvalue weighted by Crippen LogP contribution is 2.31. The Balaban J connectivity index is 0.00000169. The molecule has 0 spiro atoms. The van der Waals surface area contributed by atoms with Crippen LogP contribution in [0.4, 0.5) is 0 Å². The molecule has 0 radical (unpaired) electrons. The summed E-state index contributed by atoms with van der Waals surface area (Å²) in [5, 5.41) is 16.9. The van der Waals surface area contributed by atoms with Gasteiger partial charge in [-0.2, -0.15) is 0 Å². The van der Waals surface area contributed by atoms with Gasteiger partial charge in [-0.05, 0) is 36.6 Å². The topological polar surface area (TPSA) is 74.2 Å². The first-order valence-electron chi connectivity index (χ1n) is 8.35. The summed E-state index contributed by atoms with van der Waals surface area (Å²) in [7, 11) is 0. The molecule has 5 nitrogen and oxygen atoms in total. The minimum atomic E-state index is -0.724. The SMILES string of the molecule is Cl.Cl.O=C(CCc1cccnc1)N[C@]1(c2ccccc2)CCNC[C@H]1O. The minimum Gasteiger partial charge on any atom is -0.389 e. The lowest BCUT2D eigenvalue weighted by Crippen LogP contribution is -2.61. The van der Waals surface area contributed by atoms with Gasteiger partial charge in [0.2, 0.25) is 5.91 Å². The number of carbonyl (C=O) groups is 1. The molecule has 1 aromatic carbocycles. The van der Waals surface area contributed by atoms with Crippen LogP contribution >= 0.6 is 24.8 Å². The van der Waals surface area contributed by atoms with E-state index in [2.05, 4.69) is 15.6 Å². The Kier molecular flexibility index (Phi) is 9.02. The second-order valence-electron chi connectivity index (χ2n) is 6.22. The lowest BCUT2D eigenvalue weighted by molar-refractivity contribution is -0.125. The predicted octanol–water partition coefficient (Wildman–Crippen LogP) is 2.22. The van der Waals surface area contributed by atoms with Crippen molar-refractivity contribution in [2.24, 2.45) is 0 Å². The molecule has 2 aromatic rings. The molecule has 3 rings (SSSR count). The molecule has 1 saturated heterocycles. The van der Waals surface area contributed by atoms with Crippen molar-refractivity contribution in [1.29, 1.82) is 0 Å². The monoisotopic (exact) mass is 397 g/mol. The second-order valence-corrected chi connectivity index (χ2v) is 6.22. The predicted molar refractivity (Wildman–Crippen MR) is 107 cm³/mol. The van der Waals surface area contributed by atoms with E-state index in [4.69, 9.17) is 0 Å². The molecule has 0 bridgehead atoms. The number of aryl methyl sites for hydroxylation is 1. The number of aliphatic hydroxyl groups excluding tert-OH is 1. The molecular weight excluding hydrogens is 373 g/mol. The van der Waals surface area contributed by atoms with Crippen LogP contribution in [0, 0.1) is 0 Å². The van der Waals surface area contributed by atoms with E-state index in [1.807, 2.05) is 42.5 Å². The van der Waals surface area contributed by atoms with E-state index < -0.39 is 11.6 Å². The Bertz CT molecular complexity index is 673. The van der Waals surface area contributed by atoms with Crippen molar-refractivity contribution in [2.45, 2.75) is 30.9 Å². The number of aliphatic hydroxyl groups is 1. The number of carbonyl (C=O) groups excluding carboxylic acids is 1. The average molecular weight is 398 g/mol. The van der Waals surface area contributed by atoms with Crippen LogP contribution in [-0.2, 0) is 16.8 Å². The Labute approximate surface area is 166 Å². The number of β-amino-alcohol motifs (C(OH)–C–C–N with tert-alkyl or cyclic N) is 1. The van der Waals surface area contributed by atoms with Gasteiger partial charge in [0.05, 0.1) is 11.6 Å². The number of rotatable bonds is 5. The van der Waals surface area contributed by atoms with Crippen molar-refractivity contribution in [3.63, 3.8) is 0 Å². The third-order valence-electron chi connectivity index (χ3n) is 4.62. The molecule has 0 aliphatic carbocycles. The van der Waals surface area contributed by atoms with Gasteiger partial charge < -0.3 is 15.7 Å². The van der Waals surface area contributed by atoms with Crippen LogP contribution in [0.15, 0.2) is 54.9 Å². The molecule has 1 aliphatic rings. The van der Waals surface area contributed by atoms with Gasteiger partial charge in [0.25, 0.3) is 0 Å². The summed E-state index contributed by atoms with van der Waals surface area (Å²) in [5.74, 6) is -0.0522. The van der Waals surface area contributed by atoms with Gasteiger partial charge in [-0.25, -0.2) is 0 Å². The zero-order valence-corrected chi connectivity index (χ0v) is 16.1. The maximum atomic E-state index is 12.5. The lowest BCUT2D eigenvalue weighted by Gasteiger charge is -2.43. The molecule has 1 aromatic heterocycles. The van der Waals surface area contributed by atoms with Gasteiger partial charge in [-0.15, -0.1) is 24.8 Å². The van der Waals surface area contributed by atoms with Gasteiger partial charge in [0.1, 0.15) is 0 Å². The number of piperidine rings is 1. The van der Waals surface area contributed by atoms with Crippen molar-refractivity contribution in [2.75, 3.05) is 13.1 Å². The molecule has 2 atom stereocenters. The summed E-state index contributed by atoms with van der Waals surface area (Å²) in [6, 6.07) is 13.6. The summed E-state index contributed by atoms with van der Waals surface area (Å²) in [4.78, 5) is 16.6. The Hall–Kier alpha value is -1.66. The van der Waals surface area contributed by atoms with E-state index in [1.165, 1.54) is 0 Å². The number of nitrogens with one attached hydrogen (secondary N) is 2. The highest BCUT2D eigenvalue weighted by molar-refractivity contribution is 5.85. The van der Waals surface area contributed by atoms with E-state index in [0.717, 1.165) is 17.7 Å². The highest BCUT2D eigenvalue weighted by Gasteiger charge is 2.42. The molecule has 7 heteroatoms. The molecule has 2 heterocycles. The van der Waals surface area contributed by atoms with E-state index in [9.17, 15) is 9.90 Å². The van der Waals surface area contributed by atoms with Crippen LogP contribution in [0.1, 0.15) is 24.0 Å². The van der Waals surface area contributed by atoms with Crippen molar-refractivity contribution in [3.05, 3.63) is 66.0 Å². The van der Waals surface area contributed by atoms with E-state index in [-0.39, 0.29) is 30.7 Å². The smallest absolute Gasteiger partial charge is 0.221 e. The molecule has 0 saturated carbocycles. The number of amides is 1. The summed E-state index contributed by atoms with van der Waals surface area (Å²) >= 11 is 0. The van der Waals surface area contributed by atoms with Crippen LogP contribution in [0.3, 0.4) is 0 Å². The quantitative estimate of drug-likeness (QED) is 0.722. The third kappa shape index (κ3) is 5.17. The normalized spacial score (nSPS) is 21.8. The first kappa shape index (κ1) is 22.4. The number of pyridine rings is 1. The summed E-state index contributed by atoms with van der Waals surface area (Å²) in [6.45, 7) is 1.23. The molecule has 3 N–H and O–H groups in total. The average Bonchev–Trinajstić information content (AvgIpc) is 2.64. The van der Waals surface area contributed by atoms with Crippen molar-refractivity contribution in [3.8, 4) is 0 Å². The van der Waals surface area contributed by atoms with Crippen molar-refractivity contribution >= 4 is 30.7 Å². The van der Waals surface area contributed by atoms with Crippen molar-refractivity contribution in [1.82, 2.24) is 15.6 Å². The van der Waals surface area contributed by atoms with Crippen LogP contribution in [0.2, 0.25) is 0 Å². The number of benzene rings is 1. The maximum Gasteiger partial charge on any atom is 0.221 e. The van der Waals surface area contributed by atoms with E-state index in [1.54, 1.807) is 12.4 Å². The van der Waals surface area contributed by atoms with Crippen LogP contribution < -0.4 is 10.6 Å². The van der Waals surface area contributed by atoms with E-state index in [0.29, 0.717) is 25.8 Å². The van der Waals surface area contributed by atoms with Gasteiger partial charge >= 0.3 is 0 Å². The number of halogens is 2. The molecule has 1 amide bonds. The fourth-order valence-corrected chi connectivity index (χ4v) is 3.27. The standard InChI is InChI=1S/C19H23N3O2.2ClH/c23-17-14-21-12-10-19(17,16-6-2-1-3-7-16)22-18(24)9-8-15-5-4-11-20-13-15;;/h1-7,11,13,17,21,23H,8-10,12,14H2,(H,22,24);2*1H/t17-,19+;;/m1../s1. The molecule has 26 heavy (non-hydrogen) atoms. The lowest BCUT2D eigenvalue weighted by atomic mass is 9.79. The molecular formula is C19H25Cl2N3O2. The Morgan fingerprint density at radius 1 is 1.23 bits per heavy atom. The summed E-state index contributed by atoms with van der Waals surface area (Å²) in [5.41, 5.74) is 1.26. The van der Waals surface area contributed by atoms with Gasteiger partial charge in [0, 0.05) is 25.4 Å². The second kappa shape index (κ2) is 10.5. The zero-order valence-electron chi connectivity index (χ0n) is 14.4. The molecule has 1 aliphatic heterocycles. The number of aromatic nitrogens is 1. The van der Waals surface area contributed by atoms with Crippen molar-refractivity contribution < 1.29 is 9.90 Å². The Morgan fingerprint density at radius 3 is 2.65 bits per heavy atom. The molecule has 1 fully saturated rings. The first-order valence-corrected chi connectivity index (χ1v) is 8.35. The summed E-state index contributed by atoms with van der Waals surface area (Å²) in [6.07, 6.45) is 4.52. The fourth-order valence-electron chi connectivity index (χ4n) is 3.27. The number of hydrogen-bond donors (Lipinski definition) is 3. The number of hydrogen-bond acceptors (Lipinski definition) is 4. The largest absolute Gasteiger partial charge is 0.389 e.